The van der Waals surface area contributed by atoms with Gasteiger partial charge in [-0.15, -0.1) is 0 Å². The van der Waals surface area contributed by atoms with Gasteiger partial charge in [0.1, 0.15) is 18.2 Å². The first-order chi connectivity index (χ1) is 9.69. The minimum absolute atomic E-state index is 0.158. The minimum atomic E-state index is 0.158. The lowest BCUT2D eigenvalue weighted by Gasteiger charge is -2.13. The van der Waals surface area contributed by atoms with Crippen molar-refractivity contribution >= 4 is 11.6 Å². The highest BCUT2D eigenvalue weighted by Gasteiger charge is 2.06. The molecule has 3 N–H and O–H groups in total. The first-order valence-electron chi connectivity index (χ1n) is 7.23. The van der Waals surface area contributed by atoms with Gasteiger partial charge in [-0.05, 0) is 19.3 Å². The summed E-state index contributed by atoms with van der Waals surface area (Å²) in [4.78, 5) is 8.84. The summed E-state index contributed by atoms with van der Waals surface area (Å²) in [5.41, 5.74) is 0. The smallest absolute Gasteiger partial charge is 0.158 e. The number of nitrogens with one attached hydrogen (secondary N) is 2. The monoisotopic (exact) mass is 282 g/mol. The van der Waals surface area contributed by atoms with Crippen molar-refractivity contribution in [2.45, 2.75) is 33.8 Å². The lowest BCUT2D eigenvalue weighted by atomic mass is 10.2. The molecular weight excluding hydrogens is 256 g/mol. The molecule has 20 heavy (non-hydrogen) atoms. The molecule has 0 radical (unpaired) electrons. The molecule has 114 valence electrons. The number of aliphatic hydroxyl groups excluding tert-OH is 1. The van der Waals surface area contributed by atoms with Crippen LogP contribution in [0.25, 0.3) is 0 Å². The van der Waals surface area contributed by atoms with E-state index in [1.807, 2.05) is 19.9 Å². The van der Waals surface area contributed by atoms with E-state index in [-0.39, 0.29) is 12.5 Å². The number of nitrogens with zero attached hydrogens (tertiary/aromatic N) is 2. The molecule has 6 heteroatoms. The van der Waals surface area contributed by atoms with Gasteiger partial charge in [-0.2, -0.15) is 0 Å². The van der Waals surface area contributed by atoms with Crippen molar-refractivity contribution < 1.29 is 9.84 Å². The summed E-state index contributed by atoms with van der Waals surface area (Å²) >= 11 is 0. The van der Waals surface area contributed by atoms with Crippen LogP contribution in [-0.2, 0) is 11.3 Å². The van der Waals surface area contributed by atoms with Gasteiger partial charge >= 0.3 is 0 Å². The second-order valence-corrected chi connectivity index (χ2v) is 4.79. The molecule has 0 aliphatic heterocycles. The predicted octanol–water partition coefficient (Wildman–Crippen LogP) is 1.88. The van der Waals surface area contributed by atoms with Crippen LogP contribution in [0.15, 0.2) is 6.07 Å². The highest BCUT2D eigenvalue weighted by molar-refractivity contribution is 5.47. The molecule has 0 aromatic carbocycles. The molecule has 1 rings (SSSR count). The molecule has 1 aromatic rings. The van der Waals surface area contributed by atoms with Crippen LogP contribution in [0, 0.1) is 5.92 Å². The second-order valence-electron chi connectivity index (χ2n) is 4.79. The molecule has 6 nitrogen and oxygen atoms in total. The summed E-state index contributed by atoms with van der Waals surface area (Å²) < 4.78 is 5.36. The van der Waals surface area contributed by atoms with Crippen molar-refractivity contribution in [3.8, 4) is 0 Å². The van der Waals surface area contributed by atoms with E-state index in [0.717, 1.165) is 24.6 Å². The van der Waals surface area contributed by atoms with Gasteiger partial charge in [0.25, 0.3) is 0 Å². The summed E-state index contributed by atoms with van der Waals surface area (Å²) in [6.45, 7) is 8.78. The fourth-order valence-corrected chi connectivity index (χ4v) is 1.53. The average Bonchev–Trinajstić information content (AvgIpc) is 2.48. The van der Waals surface area contributed by atoms with E-state index in [0.29, 0.717) is 25.6 Å². The van der Waals surface area contributed by atoms with Crippen molar-refractivity contribution in [3.63, 3.8) is 0 Å². The van der Waals surface area contributed by atoms with E-state index in [4.69, 9.17) is 9.84 Å². The number of aromatic nitrogens is 2. The third kappa shape index (κ3) is 6.16. The van der Waals surface area contributed by atoms with Crippen LogP contribution < -0.4 is 10.6 Å². The van der Waals surface area contributed by atoms with Gasteiger partial charge < -0.3 is 20.5 Å². The van der Waals surface area contributed by atoms with E-state index in [1.165, 1.54) is 0 Å². The van der Waals surface area contributed by atoms with Crippen molar-refractivity contribution in [1.82, 2.24) is 9.97 Å². The molecule has 0 aliphatic rings. The minimum Gasteiger partial charge on any atom is -0.396 e. The van der Waals surface area contributed by atoms with Gasteiger partial charge in [0, 0.05) is 32.4 Å². The summed E-state index contributed by atoms with van der Waals surface area (Å²) in [5.74, 6) is 2.41. The van der Waals surface area contributed by atoms with Crippen molar-refractivity contribution in [3.05, 3.63) is 11.9 Å². The van der Waals surface area contributed by atoms with E-state index in [9.17, 15) is 0 Å². The molecule has 0 spiro atoms. The van der Waals surface area contributed by atoms with Gasteiger partial charge in [-0.3, -0.25) is 0 Å². The molecular formula is C14H26N4O2. The van der Waals surface area contributed by atoms with Crippen LogP contribution in [0.1, 0.15) is 33.0 Å². The Morgan fingerprint density at radius 3 is 2.55 bits per heavy atom. The zero-order valence-electron chi connectivity index (χ0n) is 12.6. The first kappa shape index (κ1) is 16.7. The van der Waals surface area contributed by atoms with Crippen molar-refractivity contribution in [1.29, 1.82) is 0 Å². The van der Waals surface area contributed by atoms with Gasteiger partial charge in [0.05, 0.1) is 0 Å². The van der Waals surface area contributed by atoms with Gasteiger partial charge in [-0.1, -0.05) is 13.8 Å². The molecule has 1 atom stereocenters. The fraction of sp³-hybridized carbons (Fsp3) is 0.714. The predicted molar refractivity (Wildman–Crippen MR) is 80.9 cm³/mol. The number of ether oxygens (including phenoxy) is 1. The second kappa shape index (κ2) is 9.50. The topological polar surface area (TPSA) is 79.3 Å². The first-order valence-corrected chi connectivity index (χ1v) is 7.23. The number of rotatable bonds is 10. The average molecular weight is 282 g/mol. The Labute approximate surface area is 121 Å². The van der Waals surface area contributed by atoms with Crippen LogP contribution >= 0.6 is 0 Å². The standard InChI is InChI=1S/C14H26N4O2/c1-4-6-15-12-7-13(16-8-11(3)9-19)18-14(17-12)10-20-5-2/h7,11,19H,4-6,8-10H2,1-3H3,(H2,15,16,17,18). The largest absolute Gasteiger partial charge is 0.396 e. The van der Waals surface area contributed by atoms with Crippen LogP contribution in [-0.4, -0.2) is 41.4 Å². The Morgan fingerprint density at radius 1 is 1.25 bits per heavy atom. The Balaban J connectivity index is 2.73. The quantitative estimate of drug-likeness (QED) is 0.608. The molecule has 0 bridgehead atoms. The van der Waals surface area contributed by atoms with E-state index < -0.39 is 0 Å². The molecule has 0 amide bonds. The van der Waals surface area contributed by atoms with Crippen molar-refractivity contribution in [2.75, 3.05) is 36.9 Å². The summed E-state index contributed by atoms with van der Waals surface area (Å²) in [6.07, 6.45) is 1.04. The number of anilines is 2. The molecule has 0 saturated heterocycles. The summed E-state index contributed by atoms with van der Waals surface area (Å²) in [6, 6.07) is 1.88. The summed E-state index contributed by atoms with van der Waals surface area (Å²) in [7, 11) is 0. The Bertz CT molecular complexity index is 361. The Kier molecular flexibility index (Phi) is 7.91. The lowest BCUT2D eigenvalue weighted by Crippen LogP contribution is -2.16. The zero-order valence-corrected chi connectivity index (χ0v) is 12.6. The molecule has 0 fully saturated rings. The molecule has 1 aromatic heterocycles. The fourth-order valence-electron chi connectivity index (χ4n) is 1.53. The van der Waals surface area contributed by atoms with Gasteiger partial charge in [-0.25, -0.2) is 9.97 Å². The number of hydrogen-bond donors (Lipinski definition) is 3. The number of aliphatic hydroxyl groups is 1. The summed E-state index contributed by atoms with van der Waals surface area (Å²) in [5, 5.41) is 15.5. The SMILES string of the molecule is CCCNc1cc(NCC(C)CO)nc(COCC)n1. The molecule has 0 saturated carbocycles. The maximum absolute atomic E-state index is 9.05. The normalized spacial score (nSPS) is 12.2. The molecule has 0 aliphatic carbocycles. The van der Waals surface area contributed by atoms with Crippen molar-refractivity contribution in [2.24, 2.45) is 5.92 Å². The van der Waals surface area contributed by atoms with Gasteiger partial charge in [0.2, 0.25) is 0 Å². The van der Waals surface area contributed by atoms with Crippen LogP contribution in [0.2, 0.25) is 0 Å². The lowest BCUT2D eigenvalue weighted by molar-refractivity contribution is 0.128. The molecule has 1 unspecified atom stereocenters. The highest BCUT2D eigenvalue weighted by atomic mass is 16.5. The van der Waals surface area contributed by atoms with Gasteiger partial charge in [0.15, 0.2) is 5.82 Å². The van der Waals surface area contributed by atoms with Crippen LogP contribution in [0.5, 0.6) is 0 Å². The number of hydrogen-bond acceptors (Lipinski definition) is 6. The van der Waals surface area contributed by atoms with Crippen LogP contribution in [0.3, 0.4) is 0 Å². The Morgan fingerprint density at radius 2 is 1.95 bits per heavy atom. The maximum atomic E-state index is 9.05. The highest BCUT2D eigenvalue weighted by Crippen LogP contribution is 2.13. The third-order valence-electron chi connectivity index (χ3n) is 2.71. The molecule has 1 heterocycles. The van der Waals surface area contributed by atoms with E-state index in [2.05, 4.69) is 27.5 Å². The van der Waals surface area contributed by atoms with E-state index in [1.54, 1.807) is 0 Å². The van der Waals surface area contributed by atoms with E-state index >= 15 is 0 Å². The zero-order chi connectivity index (χ0) is 14.8. The Hall–Kier alpha value is -1.40. The third-order valence-corrected chi connectivity index (χ3v) is 2.71. The maximum Gasteiger partial charge on any atom is 0.158 e. The van der Waals surface area contributed by atoms with Crippen LogP contribution in [0.4, 0.5) is 11.6 Å².